The minimum Gasteiger partial charge on any atom is -0.324 e. The molecular formula is C23H23NO3S. The number of hydrogen-bond acceptors (Lipinski definition) is 4. The lowest BCUT2D eigenvalue weighted by molar-refractivity contribution is -0.147. The molecule has 1 N–H and O–H groups in total. The number of rotatable bonds is 4. The average Bonchev–Trinajstić information content (AvgIpc) is 2.96. The number of benzene rings is 2. The molecular weight excluding hydrogens is 370 g/mol. The summed E-state index contributed by atoms with van der Waals surface area (Å²) in [5.41, 5.74) is -2.10. The zero-order valence-electron chi connectivity index (χ0n) is 16.2. The maximum absolute atomic E-state index is 13.4. The van der Waals surface area contributed by atoms with E-state index in [0.29, 0.717) is 18.5 Å². The summed E-state index contributed by atoms with van der Waals surface area (Å²) in [7, 11) is 0. The van der Waals surface area contributed by atoms with Crippen molar-refractivity contribution < 1.29 is 14.4 Å². The van der Waals surface area contributed by atoms with E-state index in [1.54, 1.807) is 11.8 Å². The van der Waals surface area contributed by atoms with E-state index in [2.05, 4.69) is 5.32 Å². The van der Waals surface area contributed by atoms with Crippen LogP contribution in [0.2, 0.25) is 0 Å². The largest absolute Gasteiger partial charge is 0.324 e. The van der Waals surface area contributed by atoms with Crippen molar-refractivity contribution in [1.82, 2.24) is 0 Å². The molecule has 4 nitrogen and oxygen atoms in total. The standard InChI is InChI=1S/C23H23NO3S/c1-21(2)22(3)13-14-23(21,19(26)18(22)25)20(27)24-16-11-7-8-12-17(16)28-15-9-5-4-6-10-15/h4-12H,13-14H2,1-3H3,(H,24,27)/t22-,23+/m1/s1. The van der Waals surface area contributed by atoms with Crippen molar-refractivity contribution in [3.8, 4) is 0 Å². The van der Waals surface area contributed by atoms with Crippen LogP contribution in [0.15, 0.2) is 64.4 Å². The van der Waals surface area contributed by atoms with E-state index in [1.807, 2.05) is 75.4 Å². The lowest BCUT2D eigenvalue weighted by Gasteiger charge is -2.37. The monoisotopic (exact) mass is 393 g/mol. The summed E-state index contributed by atoms with van der Waals surface area (Å²) >= 11 is 1.55. The molecule has 4 rings (SSSR count). The molecule has 0 saturated heterocycles. The molecule has 2 fully saturated rings. The molecule has 0 heterocycles. The van der Waals surface area contributed by atoms with Crippen LogP contribution in [0.4, 0.5) is 5.69 Å². The maximum Gasteiger partial charge on any atom is 0.239 e. The minimum absolute atomic E-state index is 0.363. The van der Waals surface area contributed by atoms with Crippen molar-refractivity contribution in [1.29, 1.82) is 0 Å². The topological polar surface area (TPSA) is 63.2 Å². The van der Waals surface area contributed by atoms with Gasteiger partial charge in [0.05, 0.1) is 5.69 Å². The minimum atomic E-state index is -1.29. The van der Waals surface area contributed by atoms with Gasteiger partial charge in [-0.3, -0.25) is 14.4 Å². The summed E-state index contributed by atoms with van der Waals surface area (Å²) in [5, 5.41) is 2.98. The third-order valence-corrected chi connectivity index (χ3v) is 8.12. The Labute approximate surface area is 169 Å². The van der Waals surface area contributed by atoms with E-state index in [0.717, 1.165) is 9.79 Å². The molecule has 0 unspecified atom stereocenters. The highest BCUT2D eigenvalue weighted by molar-refractivity contribution is 7.99. The third-order valence-electron chi connectivity index (χ3n) is 7.04. The lowest BCUT2D eigenvalue weighted by Crippen LogP contribution is -2.47. The highest BCUT2D eigenvalue weighted by Crippen LogP contribution is 2.69. The van der Waals surface area contributed by atoms with E-state index in [-0.39, 0.29) is 5.91 Å². The van der Waals surface area contributed by atoms with Crippen LogP contribution < -0.4 is 5.32 Å². The predicted octanol–water partition coefficient (Wildman–Crippen LogP) is 4.74. The Morgan fingerprint density at radius 1 is 0.893 bits per heavy atom. The Hall–Kier alpha value is -2.40. The van der Waals surface area contributed by atoms with E-state index in [9.17, 15) is 14.4 Å². The molecule has 144 valence electrons. The van der Waals surface area contributed by atoms with E-state index in [4.69, 9.17) is 0 Å². The molecule has 2 atom stereocenters. The molecule has 2 aliphatic rings. The van der Waals surface area contributed by atoms with Crippen LogP contribution in [-0.4, -0.2) is 17.5 Å². The molecule has 5 heteroatoms. The van der Waals surface area contributed by atoms with Crippen molar-refractivity contribution in [2.45, 2.75) is 43.4 Å². The van der Waals surface area contributed by atoms with Crippen LogP contribution in [0, 0.1) is 16.2 Å². The Morgan fingerprint density at radius 3 is 2.18 bits per heavy atom. The number of carbonyl (C=O) groups excluding carboxylic acids is 3. The Balaban J connectivity index is 1.67. The van der Waals surface area contributed by atoms with Crippen molar-refractivity contribution in [3.05, 3.63) is 54.6 Å². The molecule has 2 aromatic rings. The van der Waals surface area contributed by atoms with Crippen LogP contribution >= 0.6 is 11.8 Å². The van der Waals surface area contributed by atoms with Crippen molar-refractivity contribution in [2.75, 3.05) is 5.32 Å². The first-order valence-corrected chi connectivity index (χ1v) is 10.3. The highest BCUT2D eigenvalue weighted by atomic mass is 32.2. The van der Waals surface area contributed by atoms with E-state index < -0.39 is 27.8 Å². The van der Waals surface area contributed by atoms with Crippen LogP contribution in [-0.2, 0) is 14.4 Å². The van der Waals surface area contributed by atoms with Gasteiger partial charge in [0.1, 0.15) is 5.41 Å². The summed E-state index contributed by atoms with van der Waals surface area (Å²) in [6, 6.07) is 17.4. The summed E-state index contributed by atoms with van der Waals surface area (Å²) < 4.78 is 0. The summed E-state index contributed by atoms with van der Waals surface area (Å²) in [6.07, 6.45) is 0.985. The molecule has 2 aliphatic carbocycles. The number of amides is 1. The van der Waals surface area contributed by atoms with Crippen LogP contribution in [0.1, 0.15) is 33.6 Å². The Bertz CT molecular complexity index is 984. The van der Waals surface area contributed by atoms with Gasteiger partial charge in [0, 0.05) is 15.2 Å². The van der Waals surface area contributed by atoms with Gasteiger partial charge in [0.25, 0.3) is 0 Å². The predicted molar refractivity (Wildman–Crippen MR) is 109 cm³/mol. The zero-order chi connectivity index (χ0) is 20.2. The normalized spacial score (nSPS) is 27.8. The molecule has 0 spiro atoms. The second-order valence-electron chi connectivity index (χ2n) is 8.39. The maximum atomic E-state index is 13.4. The zero-order valence-corrected chi connectivity index (χ0v) is 17.1. The summed E-state index contributed by atoms with van der Waals surface area (Å²) in [6.45, 7) is 5.59. The molecule has 2 saturated carbocycles. The van der Waals surface area contributed by atoms with Gasteiger partial charge in [0.15, 0.2) is 0 Å². The smallest absolute Gasteiger partial charge is 0.239 e. The fraction of sp³-hybridized carbons (Fsp3) is 0.348. The van der Waals surface area contributed by atoms with Gasteiger partial charge in [-0.15, -0.1) is 0 Å². The van der Waals surface area contributed by atoms with Gasteiger partial charge < -0.3 is 5.32 Å². The summed E-state index contributed by atoms with van der Waals surface area (Å²) in [5.74, 6) is -1.29. The fourth-order valence-electron chi connectivity index (χ4n) is 4.78. The van der Waals surface area contributed by atoms with Crippen molar-refractivity contribution in [2.24, 2.45) is 16.2 Å². The number of fused-ring (bicyclic) bond motifs is 2. The van der Waals surface area contributed by atoms with Crippen LogP contribution in [0.3, 0.4) is 0 Å². The number of Topliss-reactive ketones (excluding diaryl/α,β-unsaturated/α-hetero) is 2. The fourth-order valence-corrected chi connectivity index (χ4v) is 5.70. The van der Waals surface area contributed by atoms with Crippen LogP contribution in [0.25, 0.3) is 0 Å². The number of nitrogens with one attached hydrogen (secondary N) is 1. The summed E-state index contributed by atoms with van der Waals surface area (Å²) in [4.78, 5) is 40.9. The first kappa shape index (κ1) is 18.9. The van der Waals surface area contributed by atoms with Gasteiger partial charge in [-0.1, -0.05) is 62.9 Å². The quantitative estimate of drug-likeness (QED) is 0.602. The van der Waals surface area contributed by atoms with Gasteiger partial charge in [0.2, 0.25) is 17.5 Å². The Kier molecular flexibility index (Phi) is 4.27. The number of ketones is 2. The van der Waals surface area contributed by atoms with E-state index >= 15 is 0 Å². The van der Waals surface area contributed by atoms with Gasteiger partial charge in [-0.25, -0.2) is 0 Å². The second-order valence-corrected chi connectivity index (χ2v) is 9.50. The number of hydrogen-bond donors (Lipinski definition) is 1. The van der Waals surface area contributed by atoms with Crippen molar-refractivity contribution in [3.63, 3.8) is 0 Å². The van der Waals surface area contributed by atoms with Crippen LogP contribution in [0.5, 0.6) is 0 Å². The SMILES string of the molecule is CC1(C)[C@@]2(C(=O)Nc3ccccc3Sc3ccccc3)CC[C@]1(C)C(=O)C2=O. The lowest BCUT2D eigenvalue weighted by atomic mass is 9.64. The number of carbonyl (C=O) groups is 3. The molecule has 0 radical (unpaired) electrons. The van der Waals surface area contributed by atoms with E-state index in [1.165, 1.54) is 0 Å². The molecule has 2 bridgehead atoms. The number of para-hydroxylation sites is 1. The first-order chi connectivity index (χ1) is 13.2. The molecule has 0 aromatic heterocycles. The van der Waals surface area contributed by atoms with Gasteiger partial charge in [-0.05, 0) is 42.5 Å². The van der Waals surface area contributed by atoms with Crippen molar-refractivity contribution >= 4 is 34.9 Å². The number of anilines is 1. The average molecular weight is 394 g/mol. The highest BCUT2D eigenvalue weighted by Gasteiger charge is 2.77. The molecule has 2 aromatic carbocycles. The molecule has 1 amide bonds. The molecule has 28 heavy (non-hydrogen) atoms. The second kappa shape index (κ2) is 6.31. The Morgan fingerprint density at radius 2 is 1.54 bits per heavy atom. The first-order valence-electron chi connectivity index (χ1n) is 9.47. The van der Waals surface area contributed by atoms with Gasteiger partial charge in [-0.2, -0.15) is 0 Å². The molecule has 0 aliphatic heterocycles. The third kappa shape index (κ3) is 2.35. The van der Waals surface area contributed by atoms with Gasteiger partial charge >= 0.3 is 0 Å².